The van der Waals surface area contributed by atoms with Crippen LogP contribution in [0.25, 0.3) is 0 Å². The number of nitrogens with two attached hydrogens (primary N) is 1. The van der Waals surface area contributed by atoms with Crippen LogP contribution in [0.3, 0.4) is 0 Å². The molecule has 1 atom stereocenters. The van der Waals surface area contributed by atoms with E-state index in [1.165, 1.54) is 20.9 Å². The average molecular weight is 301 g/mol. The first-order valence-corrected chi connectivity index (χ1v) is 8.11. The summed E-state index contributed by atoms with van der Waals surface area (Å²) in [6.07, 6.45) is 1.96. The SMILES string of the molecule is CCC(N)Cc1ccc(Sc2ccc(OC)cc2)c(C)c1. The number of hydrogen-bond donors (Lipinski definition) is 1. The summed E-state index contributed by atoms with van der Waals surface area (Å²) in [7, 11) is 1.69. The van der Waals surface area contributed by atoms with Crippen LogP contribution in [0.2, 0.25) is 0 Å². The van der Waals surface area contributed by atoms with Gasteiger partial charge in [0.15, 0.2) is 0 Å². The smallest absolute Gasteiger partial charge is 0.118 e. The highest BCUT2D eigenvalue weighted by Crippen LogP contribution is 2.31. The summed E-state index contributed by atoms with van der Waals surface area (Å²) < 4.78 is 5.19. The highest BCUT2D eigenvalue weighted by atomic mass is 32.2. The van der Waals surface area contributed by atoms with Gasteiger partial charge in [0.1, 0.15) is 5.75 Å². The zero-order valence-corrected chi connectivity index (χ0v) is 13.7. The van der Waals surface area contributed by atoms with E-state index in [2.05, 4.69) is 44.2 Å². The van der Waals surface area contributed by atoms with E-state index >= 15 is 0 Å². The molecule has 0 aliphatic carbocycles. The first-order valence-electron chi connectivity index (χ1n) is 7.29. The molecule has 0 amide bonds. The monoisotopic (exact) mass is 301 g/mol. The fourth-order valence-electron chi connectivity index (χ4n) is 2.17. The number of aryl methyl sites for hydroxylation is 1. The summed E-state index contributed by atoms with van der Waals surface area (Å²) in [5.41, 5.74) is 8.65. The molecule has 0 aromatic heterocycles. The molecule has 2 rings (SSSR count). The van der Waals surface area contributed by atoms with E-state index < -0.39 is 0 Å². The van der Waals surface area contributed by atoms with Gasteiger partial charge in [0.2, 0.25) is 0 Å². The highest BCUT2D eigenvalue weighted by molar-refractivity contribution is 7.99. The molecule has 2 N–H and O–H groups in total. The molecule has 0 fully saturated rings. The molecule has 0 bridgehead atoms. The van der Waals surface area contributed by atoms with Crippen LogP contribution < -0.4 is 10.5 Å². The molecular formula is C18H23NOS. The minimum absolute atomic E-state index is 0.254. The van der Waals surface area contributed by atoms with Crippen molar-refractivity contribution < 1.29 is 4.74 Å². The molecule has 0 heterocycles. The topological polar surface area (TPSA) is 35.2 Å². The third-order valence-corrected chi connectivity index (χ3v) is 4.73. The normalized spacial score (nSPS) is 12.2. The molecule has 0 saturated heterocycles. The van der Waals surface area contributed by atoms with Crippen molar-refractivity contribution in [2.24, 2.45) is 5.73 Å². The largest absolute Gasteiger partial charge is 0.497 e. The molecule has 3 heteroatoms. The maximum Gasteiger partial charge on any atom is 0.118 e. The molecule has 1 unspecified atom stereocenters. The van der Waals surface area contributed by atoms with Gasteiger partial charge < -0.3 is 10.5 Å². The van der Waals surface area contributed by atoms with Crippen LogP contribution in [0, 0.1) is 6.92 Å². The minimum Gasteiger partial charge on any atom is -0.497 e. The van der Waals surface area contributed by atoms with Gasteiger partial charge in [-0.3, -0.25) is 0 Å². The highest BCUT2D eigenvalue weighted by Gasteiger charge is 2.06. The number of hydrogen-bond acceptors (Lipinski definition) is 3. The van der Waals surface area contributed by atoms with Crippen molar-refractivity contribution in [1.29, 1.82) is 0 Å². The lowest BCUT2D eigenvalue weighted by molar-refractivity contribution is 0.414. The molecule has 112 valence electrons. The third-order valence-electron chi connectivity index (χ3n) is 3.55. The molecule has 0 spiro atoms. The molecule has 0 radical (unpaired) electrons. The molecular weight excluding hydrogens is 278 g/mol. The lowest BCUT2D eigenvalue weighted by atomic mass is 10.0. The summed E-state index contributed by atoms with van der Waals surface area (Å²) in [5, 5.41) is 0. The predicted octanol–water partition coefficient (Wildman–Crippen LogP) is 4.43. The summed E-state index contributed by atoms with van der Waals surface area (Å²) in [6, 6.07) is 15.0. The van der Waals surface area contributed by atoms with E-state index in [0.717, 1.165) is 18.6 Å². The summed E-state index contributed by atoms with van der Waals surface area (Å²) in [5.74, 6) is 0.889. The molecule has 21 heavy (non-hydrogen) atoms. The minimum atomic E-state index is 0.254. The average Bonchev–Trinajstić information content (AvgIpc) is 2.50. The summed E-state index contributed by atoms with van der Waals surface area (Å²) in [6.45, 7) is 4.29. The Labute approximate surface area is 131 Å². The molecule has 0 aliphatic heterocycles. The number of benzene rings is 2. The Morgan fingerprint density at radius 2 is 1.86 bits per heavy atom. The van der Waals surface area contributed by atoms with E-state index in [-0.39, 0.29) is 6.04 Å². The quantitative estimate of drug-likeness (QED) is 0.857. The van der Waals surface area contributed by atoms with Crippen LogP contribution in [0.4, 0.5) is 0 Å². The van der Waals surface area contributed by atoms with Crippen molar-refractivity contribution in [1.82, 2.24) is 0 Å². The molecule has 2 aromatic carbocycles. The van der Waals surface area contributed by atoms with Crippen LogP contribution in [-0.4, -0.2) is 13.2 Å². The number of ether oxygens (including phenoxy) is 1. The second kappa shape index (κ2) is 7.53. The van der Waals surface area contributed by atoms with Crippen LogP contribution in [0.5, 0.6) is 5.75 Å². The second-order valence-corrected chi connectivity index (χ2v) is 6.37. The first-order chi connectivity index (χ1) is 10.1. The number of rotatable bonds is 6. The zero-order valence-electron chi connectivity index (χ0n) is 12.9. The van der Waals surface area contributed by atoms with Crippen LogP contribution in [-0.2, 0) is 6.42 Å². The van der Waals surface area contributed by atoms with E-state index in [9.17, 15) is 0 Å². The molecule has 0 saturated carbocycles. The van der Waals surface area contributed by atoms with E-state index in [1.807, 2.05) is 12.1 Å². The summed E-state index contributed by atoms with van der Waals surface area (Å²) >= 11 is 1.78. The Morgan fingerprint density at radius 3 is 2.43 bits per heavy atom. The van der Waals surface area contributed by atoms with Gasteiger partial charge in [-0.1, -0.05) is 30.8 Å². The first kappa shape index (κ1) is 15.9. The van der Waals surface area contributed by atoms with Crippen molar-refractivity contribution in [3.8, 4) is 5.75 Å². The molecule has 2 aromatic rings. The van der Waals surface area contributed by atoms with Gasteiger partial charge in [-0.25, -0.2) is 0 Å². The van der Waals surface area contributed by atoms with Crippen molar-refractivity contribution in [3.63, 3.8) is 0 Å². The molecule has 0 aliphatic rings. The Morgan fingerprint density at radius 1 is 1.14 bits per heavy atom. The maximum absolute atomic E-state index is 6.03. The fourth-order valence-corrected chi connectivity index (χ4v) is 3.05. The van der Waals surface area contributed by atoms with E-state index in [0.29, 0.717) is 0 Å². The Kier molecular flexibility index (Phi) is 5.71. The van der Waals surface area contributed by atoms with Crippen LogP contribution >= 0.6 is 11.8 Å². The van der Waals surface area contributed by atoms with Crippen LogP contribution in [0.15, 0.2) is 52.3 Å². The molecule has 2 nitrogen and oxygen atoms in total. The van der Waals surface area contributed by atoms with Crippen molar-refractivity contribution in [2.45, 2.75) is 42.5 Å². The van der Waals surface area contributed by atoms with Gasteiger partial charge in [0.05, 0.1) is 7.11 Å². The van der Waals surface area contributed by atoms with Crippen LogP contribution in [0.1, 0.15) is 24.5 Å². The number of methoxy groups -OCH3 is 1. The van der Waals surface area contributed by atoms with Gasteiger partial charge in [-0.15, -0.1) is 0 Å². The second-order valence-electron chi connectivity index (χ2n) is 5.25. The standard InChI is InChI=1S/C18H23NOS/c1-4-15(19)12-14-5-10-18(13(2)11-14)21-17-8-6-16(20-3)7-9-17/h5-11,15H,4,12,19H2,1-3H3. The predicted molar refractivity (Wildman–Crippen MR) is 90.3 cm³/mol. The van der Waals surface area contributed by atoms with Gasteiger partial charge in [0.25, 0.3) is 0 Å². The Bertz CT molecular complexity index is 580. The van der Waals surface area contributed by atoms with Crippen molar-refractivity contribution >= 4 is 11.8 Å². The van der Waals surface area contributed by atoms with E-state index in [1.54, 1.807) is 18.9 Å². The fraction of sp³-hybridized carbons (Fsp3) is 0.333. The summed E-state index contributed by atoms with van der Waals surface area (Å²) in [4.78, 5) is 2.51. The third kappa shape index (κ3) is 4.51. The van der Waals surface area contributed by atoms with Gasteiger partial charge in [-0.05, 0) is 61.2 Å². The zero-order chi connectivity index (χ0) is 15.2. The lowest BCUT2D eigenvalue weighted by Crippen LogP contribution is -2.21. The Hall–Kier alpha value is -1.45. The van der Waals surface area contributed by atoms with Gasteiger partial charge in [0, 0.05) is 15.8 Å². The Balaban J connectivity index is 2.09. The van der Waals surface area contributed by atoms with Crippen molar-refractivity contribution in [3.05, 3.63) is 53.6 Å². The van der Waals surface area contributed by atoms with Gasteiger partial charge in [-0.2, -0.15) is 0 Å². The maximum atomic E-state index is 6.03. The lowest BCUT2D eigenvalue weighted by Gasteiger charge is -2.12. The van der Waals surface area contributed by atoms with Gasteiger partial charge >= 0.3 is 0 Å². The van der Waals surface area contributed by atoms with Crippen molar-refractivity contribution in [2.75, 3.05) is 7.11 Å². The van der Waals surface area contributed by atoms with E-state index in [4.69, 9.17) is 10.5 Å².